The molecule has 26 heavy (non-hydrogen) atoms. The van der Waals surface area contributed by atoms with Gasteiger partial charge in [-0.05, 0) is 50.0 Å². The summed E-state index contributed by atoms with van der Waals surface area (Å²) in [5.41, 5.74) is 3.28. The van der Waals surface area contributed by atoms with Crippen LogP contribution in [-0.4, -0.2) is 46.2 Å². The molecule has 3 rings (SSSR count). The lowest BCUT2D eigenvalue weighted by atomic mass is 9.92. The smallest absolute Gasteiger partial charge is 0.173 e. The number of aromatic amines is 1. The molecule has 0 aliphatic carbocycles. The highest BCUT2D eigenvalue weighted by Gasteiger charge is 2.31. The Labute approximate surface area is 161 Å². The van der Waals surface area contributed by atoms with Crippen molar-refractivity contribution in [1.29, 1.82) is 0 Å². The maximum Gasteiger partial charge on any atom is 0.173 e. The standard InChI is InChI=1S/C20H29N5S/c1-5-6-15(3)23-20(26)25-12-9-14(2)18(13-25)24(4)17-8-11-22-19-16(17)7-10-21-19/h6-8,10-11,14,18H,5,9,12-13H2,1-4H3,(H,21,22)(H,23,26)/b15-6+/t14-,18+/m1/s1. The fraction of sp³-hybridized carbons (Fsp3) is 0.500. The van der Waals surface area contributed by atoms with Crippen LogP contribution in [0.1, 0.15) is 33.6 Å². The van der Waals surface area contributed by atoms with Crippen LogP contribution in [0.25, 0.3) is 11.0 Å². The van der Waals surface area contributed by atoms with E-state index in [1.54, 1.807) is 0 Å². The molecule has 2 aromatic heterocycles. The lowest BCUT2D eigenvalue weighted by Crippen LogP contribution is -2.54. The van der Waals surface area contributed by atoms with E-state index in [1.807, 2.05) is 12.4 Å². The van der Waals surface area contributed by atoms with Gasteiger partial charge in [-0.2, -0.15) is 0 Å². The summed E-state index contributed by atoms with van der Waals surface area (Å²) < 4.78 is 0. The molecular formula is C20H29N5S. The number of pyridine rings is 1. The van der Waals surface area contributed by atoms with Crippen molar-refractivity contribution < 1.29 is 0 Å². The first-order valence-electron chi connectivity index (χ1n) is 9.38. The molecule has 140 valence electrons. The van der Waals surface area contributed by atoms with Crippen LogP contribution in [0.15, 0.2) is 36.3 Å². The average molecular weight is 372 g/mol. The molecule has 0 amide bonds. The normalized spacial score (nSPS) is 21.1. The number of piperidine rings is 1. The lowest BCUT2D eigenvalue weighted by Gasteiger charge is -2.43. The summed E-state index contributed by atoms with van der Waals surface area (Å²) in [5, 5.41) is 5.38. The number of hydrogen-bond acceptors (Lipinski definition) is 3. The van der Waals surface area contributed by atoms with E-state index in [4.69, 9.17) is 12.2 Å². The Balaban J connectivity index is 1.77. The van der Waals surface area contributed by atoms with Gasteiger partial charge in [0, 0.05) is 55.3 Å². The number of likely N-dealkylation sites (tertiary alicyclic amines) is 1. The molecule has 0 saturated carbocycles. The summed E-state index contributed by atoms with van der Waals surface area (Å²) in [6, 6.07) is 4.61. The minimum atomic E-state index is 0.402. The van der Waals surface area contributed by atoms with Crippen molar-refractivity contribution in [3.63, 3.8) is 0 Å². The van der Waals surface area contributed by atoms with Gasteiger partial charge in [0.1, 0.15) is 5.65 Å². The molecule has 6 heteroatoms. The number of hydrogen-bond donors (Lipinski definition) is 2. The number of thiocarbonyl (C=S) groups is 1. The SMILES string of the molecule is CC/C=C(\C)NC(=S)N1CC[C@@H](C)[C@@H](N(C)c2ccnc3[nH]ccc23)C1. The van der Waals surface area contributed by atoms with Crippen molar-refractivity contribution in [2.24, 2.45) is 5.92 Å². The highest BCUT2D eigenvalue weighted by Crippen LogP contribution is 2.30. The molecule has 0 radical (unpaired) electrons. The van der Waals surface area contributed by atoms with Crippen LogP contribution < -0.4 is 10.2 Å². The molecule has 1 saturated heterocycles. The summed E-state index contributed by atoms with van der Waals surface area (Å²) >= 11 is 5.66. The predicted molar refractivity (Wildman–Crippen MR) is 113 cm³/mol. The van der Waals surface area contributed by atoms with Crippen LogP contribution in [0.2, 0.25) is 0 Å². The van der Waals surface area contributed by atoms with E-state index in [0.717, 1.165) is 42.4 Å². The molecule has 3 heterocycles. The zero-order valence-electron chi connectivity index (χ0n) is 16.1. The minimum absolute atomic E-state index is 0.402. The highest BCUT2D eigenvalue weighted by molar-refractivity contribution is 7.80. The zero-order chi connectivity index (χ0) is 18.7. The number of nitrogens with zero attached hydrogens (tertiary/aromatic N) is 3. The summed E-state index contributed by atoms with van der Waals surface area (Å²) in [7, 11) is 2.19. The van der Waals surface area contributed by atoms with Crippen molar-refractivity contribution in [1.82, 2.24) is 20.2 Å². The van der Waals surface area contributed by atoms with Crippen molar-refractivity contribution in [2.75, 3.05) is 25.0 Å². The van der Waals surface area contributed by atoms with Gasteiger partial charge >= 0.3 is 0 Å². The van der Waals surface area contributed by atoms with Crippen LogP contribution >= 0.6 is 12.2 Å². The first-order valence-corrected chi connectivity index (χ1v) is 9.79. The fourth-order valence-electron chi connectivity index (χ4n) is 3.78. The number of aromatic nitrogens is 2. The van der Waals surface area contributed by atoms with Gasteiger partial charge in [0.05, 0.1) is 0 Å². The van der Waals surface area contributed by atoms with Crippen molar-refractivity contribution in [3.8, 4) is 0 Å². The van der Waals surface area contributed by atoms with E-state index in [1.165, 1.54) is 11.1 Å². The Morgan fingerprint density at radius 2 is 2.31 bits per heavy atom. The second kappa shape index (κ2) is 8.08. The van der Waals surface area contributed by atoms with Gasteiger partial charge in [-0.15, -0.1) is 0 Å². The van der Waals surface area contributed by atoms with E-state index in [0.29, 0.717) is 12.0 Å². The second-order valence-corrected chi connectivity index (χ2v) is 7.57. The Bertz CT molecular complexity index is 796. The summed E-state index contributed by atoms with van der Waals surface area (Å²) in [5.74, 6) is 0.605. The minimum Gasteiger partial charge on any atom is -0.369 e. The fourth-order valence-corrected chi connectivity index (χ4v) is 4.10. The molecule has 5 nitrogen and oxygen atoms in total. The number of fused-ring (bicyclic) bond motifs is 1. The van der Waals surface area contributed by atoms with Gasteiger partial charge < -0.3 is 20.1 Å². The van der Waals surface area contributed by atoms with E-state index in [-0.39, 0.29) is 0 Å². The number of nitrogens with one attached hydrogen (secondary N) is 2. The third-order valence-corrected chi connectivity index (χ3v) is 5.70. The Hall–Kier alpha value is -2.08. The van der Waals surface area contributed by atoms with Crippen molar-refractivity contribution in [2.45, 2.75) is 39.7 Å². The van der Waals surface area contributed by atoms with Gasteiger partial charge in [0.2, 0.25) is 0 Å². The number of anilines is 1. The molecule has 1 aliphatic rings. The molecule has 0 aromatic carbocycles. The van der Waals surface area contributed by atoms with E-state index in [2.05, 4.69) is 71.1 Å². The Morgan fingerprint density at radius 3 is 3.08 bits per heavy atom. The predicted octanol–water partition coefficient (Wildman–Crippen LogP) is 3.90. The molecule has 1 aliphatic heterocycles. The quantitative estimate of drug-likeness (QED) is 0.798. The average Bonchev–Trinajstić information content (AvgIpc) is 3.10. The molecule has 0 unspecified atom stereocenters. The zero-order valence-corrected chi connectivity index (χ0v) is 16.9. The first-order chi connectivity index (χ1) is 12.5. The monoisotopic (exact) mass is 371 g/mol. The highest BCUT2D eigenvalue weighted by atomic mass is 32.1. The van der Waals surface area contributed by atoms with Crippen LogP contribution in [0.3, 0.4) is 0 Å². The van der Waals surface area contributed by atoms with E-state index < -0.39 is 0 Å². The number of H-pyrrole nitrogens is 1. The van der Waals surface area contributed by atoms with Crippen LogP contribution in [0, 0.1) is 5.92 Å². The third-order valence-electron chi connectivity index (χ3n) is 5.33. The van der Waals surface area contributed by atoms with Crippen molar-refractivity contribution in [3.05, 3.63) is 36.3 Å². The number of likely N-dealkylation sites (N-methyl/N-ethyl adjacent to an activating group) is 1. The Kier molecular flexibility index (Phi) is 5.81. The van der Waals surface area contributed by atoms with E-state index >= 15 is 0 Å². The number of allylic oxidation sites excluding steroid dienone is 2. The van der Waals surface area contributed by atoms with Gasteiger partial charge in [0.15, 0.2) is 5.11 Å². The van der Waals surface area contributed by atoms with E-state index in [9.17, 15) is 0 Å². The van der Waals surface area contributed by atoms with Gasteiger partial charge in [-0.1, -0.05) is 19.9 Å². The number of rotatable bonds is 4. The molecule has 2 atom stereocenters. The first kappa shape index (κ1) is 18.7. The Morgan fingerprint density at radius 1 is 1.50 bits per heavy atom. The maximum absolute atomic E-state index is 5.66. The van der Waals surface area contributed by atoms with Crippen LogP contribution in [-0.2, 0) is 0 Å². The largest absolute Gasteiger partial charge is 0.369 e. The second-order valence-electron chi connectivity index (χ2n) is 7.19. The van der Waals surface area contributed by atoms with Gasteiger partial charge in [-0.3, -0.25) is 0 Å². The molecule has 0 bridgehead atoms. The molecule has 2 N–H and O–H groups in total. The van der Waals surface area contributed by atoms with Gasteiger partial charge in [-0.25, -0.2) is 4.98 Å². The molecule has 2 aromatic rings. The van der Waals surface area contributed by atoms with Crippen LogP contribution in [0.4, 0.5) is 5.69 Å². The third kappa shape index (κ3) is 3.85. The van der Waals surface area contributed by atoms with Crippen molar-refractivity contribution >= 4 is 34.1 Å². The molecular weight excluding hydrogens is 342 g/mol. The summed E-state index contributed by atoms with van der Waals surface area (Å²) in [6.45, 7) is 8.49. The molecule has 1 fully saturated rings. The lowest BCUT2D eigenvalue weighted by molar-refractivity contribution is 0.239. The summed E-state index contributed by atoms with van der Waals surface area (Å²) in [6.07, 6.45) is 8.14. The maximum atomic E-state index is 5.66. The van der Waals surface area contributed by atoms with Gasteiger partial charge in [0.25, 0.3) is 0 Å². The summed E-state index contributed by atoms with van der Waals surface area (Å²) in [4.78, 5) is 12.3. The topological polar surface area (TPSA) is 47.2 Å². The van der Waals surface area contributed by atoms with Crippen LogP contribution in [0.5, 0.6) is 0 Å². The molecule has 0 spiro atoms.